The number of hydrogen-bond acceptors (Lipinski definition) is 2. The lowest BCUT2D eigenvalue weighted by Crippen LogP contribution is -2.74. The highest BCUT2D eigenvalue weighted by atomic mass is 28.3. The molecule has 0 spiro atoms. The van der Waals surface area contributed by atoms with Crippen molar-refractivity contribution in [3.63, 3.8) is 0 Å². The molecule has 1 atom stereocenters. The Labute approximate surface area is 143 Å². The first kappa shape index (κ1) is 16.2. The fourth-order valence-corrected chi connectivity index (χ4v) is 7.80. The maximum atomic E-state index is 11.0. The zero-order chi connectivity index (χ0) is 16.8. The van der Waals surface area contributed by atoms with Crippen molar-refractivity contribution in [3.05, 3.63) is 97.9 Å². The van der Waals surface area contributed by atoms with Gasteiger partial charge in [-0.25, -0.2) is 4.79 Å². The van der Waals surface area contributed by atoms with Gasteiger partial charge in [0.05, 0.1) is 0 Å². The van der Waals surface area contributed by atoms with Crippen LogP contribution in [0.5, 0.6) is 0 Å². The van der Waals surface area contributed by atoms with Crippen LogP contribution in [0.25, 0.3) is 0 Å². The van der Waals surface area contributed by atoms with Crippen LogP contribution in [0.4, 0.5) is 0 Å². The molecule has 3 aromatic rings. The van der Waals surface area contributed by atoms with Gasteiger partial charge in [-0.05, 0) is 22.5 Å². The second kappa shape index (κ2) is 7.28. The Morgan fingerprint density at radius 3 is 1.33 bits per heavy atom. The van der Waals surface area contributed by atoms with E-state index in [1.807, 2.05) is 54.6 Å². The summed E-state index contributed by atoms with van der Waals surface area (Å²) in [7, 11) is -2.64. The van der Waals surface area contributed by atoms with Crippen molar-refractivity contribution in [1.29, 1.82) is 0 Å². The first-order chi connectivity index (χ1) is 11.8. The molecule has 24 heavy (non-hydrogen) atoms. The molecule has 0 fully saturated rings. The van der Waals surface area contributed by atoms with Crippen molar-refractivity contribution in [2.75, 3.05) is 0 Å². The molecule has 0 aliphatic heterocycles. The highest BCUT2D eigenvalue weighted by molar-refractivity contribution is 7.12. The van der Waals surface area contributed by atoms with Crippen molar-refractivity contribution >= 4 is 30.1 Å². The summed E-state index contributed by atoms with van der Waals surface area (Å²) < 4.78 is 5.32. The molecule has 3 aromatic carbocycles. The first-order valence-electron chi connectivity index (χ1n) is 7.82. The minimum atomic E-state index is -2.64. The molecule has 0 bridgehead atoms. The molecule has 0 saturated heterocycles. The normalized spacial score (nSPS) is 12.4. The van der Waals surface area contributed by atoms with Crippen LogP contribution in [-0.4, -0.2) is 20.3 Å². The number of benzene rings is 3. The van der Waals surface area contributed by atoms with E-state index in [1.54, 1.807) is 6.47 Å². The van der Waals surface area contributed by atoms with Gasteiger partial charge in [0.1, 0.15) is 5.73 Å². The summed E-state index contributed by atoms with van der Waals surface area (Å²) in [5.74, 6) is 0. The van der Waals surface area contributed by atoms with E-state index >= 15 is 0 Å². The first-order valence-corrected chi connectivity index (χ1v) is 9.90. The Morgan fingerprint density at radius 2 is 1.04 bits per heavy atom. The summed E-state index contributed by atoms with van der Waals surface area (Å²) in [6.45, 7) is 5.81. The van der Waals surface area contributed by atoms with Crippen LogP contribution in [0, 0.1) is 6.92 Å². The monoisotopic (exact) mass is 330 g/mol. The summed E-state index contributed by atoms with van der Waals surface area (Å²) in [6, 6.07) is 30.6. The molecule has 118 valence electrons. The van der Waals surface area contributed by atoms with Gasteiger partial charge >= 0.3 is 6.47 Å². The lowest BCUT2D eigenvalue weighted by atomic mass is 10.3. The van der Waals surface area contributed by atoms with Gasteiger partial charge in [0.2, 0.25) is 0 Å². The van der Waals surface area contributed by atoms with Crippen LogP contribution < -0.4 is 15.6 Å². The minimum Gasteiger partial charge on any atom is -0.457 e. The van der Waals surface area contributed by atoms with Crippen molar-refractivity contribution in [3.8, 4) is 0 Å². The topological polar surface area (TPSA) is 26.3 Å². The van der Waals surface area contributed by atoms with Crippen LogP contribution >= 0.6 is 0 Å². The van der Waals surface area contributed by atoms with Gasteiger partial charge in [-0.15, -0.1) is 0 Å². The van der Waals surface area contributed by atoms with Gasteiger partial charge in [0.15, 0.2) is 8.07 Å². The van der Waals surface area contributed by atoms with E-state index in [0.29, 0.717) is 0 Å². The van der Waals surface area contributed by atoms with Crippen LogP contribution in [0.3, 0.4) is 0 Å². The molecule has 3 heteroatoms. The molecular formula is C21H18O2Si. The number of hydrogen-bond donors (Lipinski definition) is 0. The third kappa shape index (κ3) is 2.79. The number of ether oxygens (including phenoxy) is 1. The maximum absolute atomic E-state index is 11.0. The fraction of sp³-hybridized carbons (Fsp3) is 0.0476. The lowest BCUT2D eigenvalue weighted by Gasteiger charge is -2.37. The zero-order valence-corrected chi connectivity index (χ0v) is 14.3. The van der Waals surface area contributed by atoms with E-state index in [4.69, 9.17) is 4.74 Å². The summed E-state index contributed by atoms with van der Waals surface area (Å²) in [5.41, 5.74) is -0.526. The van der Waals surface area contributed by atoms with E-state index in [0.717, 1.165) is 15.6 Å². The number of rotatable bonds is 6. The molecule has 2 nitrogen and oxygen atoms in total. The second-order valence-electron chi connectivity index (χ2n) is 5.60. The molecule has 0 aromatic heterocycles. The van der Waals surface area contributed by atoms with Crippen molar-refractivity contribution in [1.82, 2.24) is 0 Å². The van der Waals surface area contributed by atoms with Gasteiger partial charge in [0.25, 0.3) is 0 Å². The molecule has 0 aliphatic carbocycles. The van der Waals surface area contributed by atoms with Crippen LogP contribution in [0.2, 0.25) is 0 Å². The predicted molar refractivity (Wildman–Crippen MR) is 99.9 cm³/mol. The van der Waals surface area contributed by atoms with Crippen molar-refractivity contribution in [2.45, 2.75) is 5.73 Å². The summed E-state index contributed by atoms with van der Waals surface area (Å²) >= 11 is 0. The Hall–Kier alpha value is -2.65. The smallest absolute Gasteiger partial charge is 0.417 e. The van der Waals surface area contributed by atoms with Gasteiger partial charge in [0, 0.05) is 0 Å². The van der Waals surface area contributed by atoms with E-state index in [-0.39, 0.29) is 0 Å². The average Bonchev–Trinajstić information content (AvgIpc) is 2.65. The summed E-state index contributed by atoms with van der Waals surface area (Å²) in [6.07, 6.45) is 0. The summed E-state index contributed by atoms with van der Waals surface area (Å²) in [5, 5.41) is 3.45. The van der Waals surface area contributed by atoms with Crippen LogP contribution in [-0.2, 0) is 9.53 Å². The standard InChI is InChI=1S/C21H18O2Si/c1-18(23-17-22)24(19-11-5-2-6-12-19,20-13-7-3-8-14-20)21-15-9-4-10-16-21/h2-16,18H,1H2. The molecule has 0 saturated carbocycles. The largest absolute Gasteiger partial charge is 0.457 e. The van der Waals surface area contributed by atoms with Crippen LogP contribution in [0.15, 0.2) is 91.0 Å². The Kier molecular flexibility index (Phi) is 4.92. The Morgan fingerprint density at radius 1 is 0.708 bits per heavy atom. The third-order valence-corrected chi connectivity index (χ3v) is 9.18. The van der Waals surface area contributed by atoms with E-state index in [1.165, 1.54) is 0 Å². The molecule has 3 rings (SSSR count). The highest BCUT2D eigenvalue weighted by Gasteiger charge is 2.46. The minimum absolute atomic E-state index is 0.526. The van der Waals surface area contributed by atoms with E-state index in [9.17, 15) is 4.79 Å². The lowest BCUT2D eigenvalue weighted by molar-refractivity contribution is 0.275. The molecule has 1 unspecified atom stereocenters. The predicted octanol–water partition coefficient (Wildman–Crippen LogP) is 1.98. The average molecular weight is 330 g/mol. The fourth-order valence-electron chi connectivity index (χ4n) is 3.31. The molecule has 0 aliphatic rings. The SMILES string of the molecule is [CH2]C(O[C]=O)[Si](c1ccccc1)(c1ccccc1)c1ccccc1. The van der Waals surface area contributed by atoms with Gasteiger partial charge < -0.3 is 4.74 Å². The van der Waals surface area contributed by atoms with Crippen LogP contribution in [0.1, 0.15) is 0 Å². The maximum Gasteiger partial charge on any atom is 0.417 e. The third-order valence-electron chi connectivity index (χ3n) is 4.36. The van der Waals surface area contributed by atoms with Crippen molar-refractivity contribution in [2.24, 2.45) is 0 Å². The molecular weight excluding hydrogens is 312 g/mol. The van der Waals surface area contributed by atoms with Gasteiger partial charge in [-0.2, -0.15) is 0 Å². The quantitative estimate of drug-likeness (QED) is 0.510. The molecule has 0 amide bonds. The number of carbonyl (C=O) groups excluding carboxylic acids is 1. The highest BCUT2D eigenvalue weighted by Crippen LogP contribution is 2.14. The molecule has 0 N–H and O–H groups in total. The van der Waals surface area contributed by atoms with Crippen molar-refractivity contribution < 1.29 is 9.53 Å². The Bertz CT molecular complexity index is 676. The molecule has 2 radical (unpaired) electrons. The van der Waals surface area contributed by atoms with E-state index < -0.39 is 13.8 Å². The Balaban J connectivity index is 2.35. The zero-order valence-electron chi connectivity index (χ0n) is 13.3. The van der Waals surface area contributed by atoms with Gasteiger partial charge in [-0.3, -0.25) is 0 Å². The van der Waals surface area contributed by atoms with Gasteiger partial charge in [-0.1, -0.05) is 91.0 Å². The second-order valence-corrected chi connectivity index (χ2v) is 9.59. The summed E-state index contributed by atoms with van der Waals surface area (Å²) in [4.78, 5) is 11.0. The molecule has 0 heterocycles. The van der Waals surface area contributed by atoms with E-state index in [2.05, 4.69) is 43.3 Å².